The van der Waals surface area contributed by atoms with E-state index in [4.69, 9.17) is 30.6 Å². The Morgan fingerprint density at radius 1 is 1.11 bits per heavy atom. The highest BCUT2D eigenvalue weighted by Gasteiger charge is 2.24. The summed E-state index contributed by atoms with van der Waals surface area (Å²) in [6.07, 6.45) is 6.54. The number of ether oxygens (including phenoxy) is 3. The van der Waals surface area contributed by atoms with E-state index in [1.807, 2.05) is 13.8 Å². The van der Waals surface area contributed by atoms with Crippen LogP contribution in [0.5, 0.6) is 17.2 Å². The average molecular weight is 509 g/mol. The van der Waals surface area contributed by atoms with Gasteiger partial charge in [0.15, 0.2) is 11.5 Å². The molecule has 0 aromatic heterocycles. The lowest BCUT2D eigenvalue weighted by molar-refractivity contribution is -0.188. The Labute approximate surface area is 211 Å². The molecule has 1 aromatic carbocycles. The smallest absolute Gasteiger partial charge is 0.325 e. The van der Waals surface area contributed by atoms with Crippen molar-refractivity contribution in [3.8, 4) is 17.2 Å². The molecule has 9 nitrogen and oxygen atoms in total. The summed E-state index contributed by atoms with van der Waals surface area (Å²) in [6.45, 7) is 5.77. The van der Waals surface area contributed by atoms with Gasteiger partial charge in [0.05, 0.1) is 20.8 Å². The van der Waals surface area contributed by atoms with Crippen LogP contribution in [-0.4, -0.2) is 68.2 Å². The average Bonchev–Trinajstić information content (AvgIpc) is 2.87. The van der Waals surface area contributed by atoms with E-state index in [1.54, 1.807) is 29.3 Å². The predicted molar refractivity (Wildman–Crippen MR) is 132 cm³/mol. The summed E-state index contributed by atoms with van der Waals surface area (Å²) in [5, 5.41) is 1.65. The minimum Gasteiger partial charge on any atom is -0.493 e. The number of nitrogens with zero attached hydrogens (tertiary/aromatic N) is 2. The highest BCUT2D eigenvalue weighted by molar-refractivity contribution is 6.43. The van der Waals surface area contributed by atoms with Gasteiger partial charge in [-0.3, -0.25) is 19.3 Å². The summed E-state index contributed by atoms with van der Waals surface area (Å²) < 4.78 is 16.8. The maximum atomic E-state index is 12.5. The minimum absolute atomic E-state index is 0.0450. The quantitative estimate of drug-likeness (QED) is 0.224. The largest absolute Gasteiger partial charge is 0.493 e. The van der Waals surface area contributed by atoms with Crippen molar-refractivity contribution in [2.75, 3.05) is 40.5 Å². The standard InChI is InChI=1S/C25H33ClN2O7/c1-5-27(6-2)35-23(30)11-7-8-15-34-24-20(32-3)16-18(17-21(24)33-4)12-13-22(29)28-14-9-10-19(26)25(28)31/h10,12-13,16-17H,5-9,11,14-15H2,1-4H3. The van der Waals surface area contributed by atoms with Crippen LogP contribution < -0.4 is 14.2 Å². The van der Waals surface area contributed by atoms with Gasteiger partial charge >= 0.3 is 5.97 Å². The third kappa shape index (κ3) is 8.29. The number of imide groups is 1. The number of hydrogen-bond acceptors (Lipinski definition) is 8. The van der Waals surface area contributed by atoms with E-state index in [1.165, 1.54) is 20.3 Å². The number of unbranched alkanes of at least 4 members (excludes halogenated alkanes) is 1. The second kappa shape index (κ2) is 14.4. The molecule has 192 valence electrons. The lowest BCUT2D eigenvalue weighted by atomic mass is 10.1. The van der Waals surface area contributed by atoms with E-state index in [-0.39, 0.29) is 17.5 Å². The van der Waals surface area contributed by atoms with E-state index in [0.717, 1.165) is 4.90 Å². The molecule has 0 unspecified atom stereocenters. The fourth-order valence-corrected chi connectivity index (χ4v) is 3.54. The van der Waals surface area contributed by atoms with Gasteiger partial charge in [-0.1, -0.05) is 17.7 Å². The van der Waals surface area contributed by atoms with Gasteiger partial charge in [-0.05, 0) is 56.9 Å². The number of hydrogen-bond donors (Lipinski definition) is 0. The number of carbonyl (C=O) groups excluding carboxylic acids is 3. The van der Waals surface area contributed by atoms with Crippen molar-refractivity contribution < 1.29 is 33.4 Å². The minimum atomic E-state index is -0.507. The van der Waals surface area contributed by atoms with Crippen molar-refractivity contribution in [1.82, 2.24) is 9.96 Å². The lowest BCUT2D eigenvalue weighted by Crippen LogP contribution is -2.38. The zero-order valence-corrected chi connectivity index (χ0v) is 21.4. The second-order valence-corrected chi connectivity index (χ2v) is 8.01. The van der Waals surface area contributed by atoms with Crippen LogP contribution >= 0.6 is 11.6 Å². The van der Waals surface area contributed by atoms with Gasteiger partial charge in [0.1, 0.15) is 5.03 Å². The second-order valence-electron chi connectivity index (χ2n) is 7.61. The highest BCUT2D eigenvalue weighted by Crippen LogP contribution is 2.39. The van der Waals surface area contributed by atoms with Gasteiger partial charge in [-0.2, -0.15) is 0 Å². The Morgan fingerprint density at radius 3 is 2.37 bits per heavy atom. The molecule has 10 heteroatoms. The van der Waals surface area contributed by atoms with Crippen molar-refractivity contribution in [2.45, 2.75) is 39.5 Å². The fraction of sp³-hybridized carbons (Fsp3) is 0.480. The number of amides is 2. The van der Waals surface area contributed by atoms with Crippen LogP contribution in [-0.2, 0) is 19.2 Å². The molecule has 2 rings (SSSR count). The van der Waals surface area contributed by atoms with Gasteiger partial charge in [0.25, 0.3) is 11.8 Å². The number of rotatable bonds is 13. The summed E-state index contributed by atoms with van der Waals surface area (Å²) in [6, 6.07) is 3.40. The Balaban J connectivity index is 1.97. The number of methoxy groups -OCH3 is 2. The molecule has 2 amide bonds. The molecule has 0 spiro atoms. The first kappa shape index (κ1) is 28.2. The molecule has 0 N–H and O–H groups in total. The van der Waals surface area contributed by atoms with Crippen LogP contribution in [0.4, 0.5) is 0 Å². The van der Waals surface area contributed by atoms with Crippen molar-refractivity contribution in [2.24, 2.45) is 0 Å². The first-order valence-corrected chi connectivity index (χ1v) is 12.0. The Kier molecular flexibility index (Phi) is 11.6. The van der Waals surface area contributed by atoms with Gasteiger partial charge in [0, 0.05) is 32.1 Å². The third-order valence-electron chi connectivity index (χ3n) is 5.25. The highest BCUT2D eigenvalue weighted by atomic mass is 35.5. The SMILES string of the molecule is CCN(CC)OC(=O)CCCCOc1c(OC)cc(C=CC(=O)N2CCC=C(Cl)C2=O)cc1OC. The summed E-state index contributed by atoms with van der Waals surface area (Å²) in [5.41, 5.74) is 0.629. The lowest BCUT2D eigenvalue weighted by Gasteiger charge is -2.21. The molecule has 0 aliphatic carbocycles. The number of carbonyl (C=O) groups is 3. The molecule has 1 aliphatic rings. The van der Waals surface area contributed by atoms with E-state index < -0.39 is 11.8 Å². The number of benzene rings is 1. The molecule has 1 heterocycles. The first-order valence-electron chi connectivity index (χ1n) is 11.6. The monoisotopic (exact) mass is 508 g/mol. The summed E-state index contributed by atoms with van der Waals surface area (Å²) in [4.78, 5) is 42.7. The van der Waals surface area contributed by atoms with Gasteiger partial charge in [-0.25, -0.2) is 0 Å². The van der Waals surface area contributed by atoms with E-state index in [2.05, 4.69) is 0 Å². The topological polar surface area (TPSA) is 94.6 Å². The van der Waals surface area contributed by atoms with E-state index >= 15 is 0 Å². The molecule has 0 fully saturated rings. The predicted octanol–water partition coefficient (Wildman–Crippen LogP) is 3.95. The summed E-state index contributed by atoms with van der Waals surface area (Å²) in [7, 11) is 3.01. The van der Waals surface area contributed by atoms with Gasteiger partial charge < -0.3 is 19.0 Å². The van der Waals surface area contributed by atoms with Crippen LogP contribution in [0, 0.1) is 0 Å². The molecule has 0 bridgehead atoms. The van der Waals surface area contributed by atoms with Gasteiger partial charge in [-0.15, -0.1) is 5.06 Å². The Bertz CT molecular complexity index is 932. The van der Waals surface area contributed by atoms with Crippen molar-refractivity contribution in [3.63, 3.8) is 0 Å². The van der Waals surface area contributed by atoms with Crippen LogP contribution in [0.1, 0.15) is 45.1 Å². The molecule has 35 heavy (non-hydrogen) atoms. The number of hydroxylamine groups is 2. The van der Waals surface area contributed by atoms with Crippen molar-refractivity contribution in [3.05, 3.63) is 34.9 Å². The maximum absolute atomic E-state index is 12.5. The van der Waals surface area contributed by atoms with E-state index in [0.29, 0.717) is 68.2 Å². The first-order chi connectivity index (χ1) is 16.8. The Hall–Kier alpha value is -3.04. The zero-order valence-electron chi connectivity index (χ0n) is 20.7. The van der Waals surface area contributed by atoms with Crippen LogP contribution in [0.2, 0.25) is 0 Å². The molecule has 0 radical (unpaired) electrons. The molecule has 1 aromatic rings. The van der Waals surface area contributed by atoms with Crippen LogP contribution in [0.15, 0.2) is 29.3 Å². The normalized spacial score (nSPS) is 13.7. The molecular weight excluding hydrogens is 476 g/mol. The molecule has 0 atom stereocenters. The molecular formula is C25H33ClN2O7. The van der Waals surface area contributed by atoms with Gasteiger partial charge in [0.2, 0.25) is 5.75 Å². The third-order valence-corrected chi connectivity index (χ3v) is 5.57. The number of halogens is 1. The molecule has 0 saturated heterocycles. The van der Waals surface area contributed by atoms with Crippen LogP contribution in [0.25, 0.3) is 6.08 Å². The molecule has 1 aliphatic heterocycles. The Morgan fingerprint density at radius 2 is 1.77 bits per heavy atom. The van der Waals surface area contributed by atoms with Crippen molar-refractivity contribution in [1.29, 1.82) is 0 Å². The molecule has 0 saturated carbocycles. The summed E-state index contributed by atoms with van der Waals surface area (Å²) in [5.74, 6) is 0.0491. The maximum Gasteiger partial charge on any atom is 0.325 e. The van der Waals surface area contributed by atoms with Crippen LogP contribution in [0.3, 0.4) is 0 Å². The zero-order chi connectivity index (χ0) is 25.8. The fourth-order valence-electron chi connectivity index (χ4n) is 3.33. The summed E-state index contributed by atoms with van der Waals surface area (Å²) >= 11 is 5.85. The van der Waals surface area contributed by atoms with E-state index in [9.17, 15) is 14.4 Å². The van der Waals surface area contributed by atoms with Crippen molar-refractivity contribution >= 4 is 35.5 Å².